The van der Waals surface area contributed by atoms with Gasteiger partial charge in [0.25, 0.3) is 0 Å². The first-order valence-electron chi connectivity index (χ1n) is 7.44. The number of fused-ring (bicyclic) bond motifs is 1. The molecule has 1 heterocycles. The van der Waals surface area contributed by atoms with Crippen LogP contribution in [0.2, 0.25) is 0 Å². The van der Waals surface area contributed by atoms with E-state index in [1.54, 1.807) is 12.3 Å². The highest BCUT2D eigenvalue weighted by molar-refractivity contribution is 5.91. The Morgan fingerprint density at radius 2 is 1.83 bits per heavy atom. The summed E-state index contributed by atoms with van der Waals surface area (Å²) in [6, 6.07) is 15.7. The largest absolute Gasteiger partial charge is 0.348 e. The van der Waals surface area contributed by atoms with Crippen LogP contribution in [-0.4, -0.2) is 15.9 Å². The predicted octanol–water partition coefficient (Wildman–Crippen LogP) is 3.27. The summed E-state index contributed by atoms with van der Waals surface area (Å²) in [7, 11) is 0. The second-order valence-corrected chi connectivity index (χ2v) is 5.32. The standard InChI is InChI=1S/C19H17N3O/c1-14-6-8-15(9-7-14)12-21-19(23)11-10-16-13-20-17-4-2-3-5-18(17)22-16/h2-11,13H,12H2,1H3,(H,21,23)/b11-10+. The van der Waals surface area contributed by atoms with Crippen molar-refractivity contribution in [1.29, 1.82) is 0 Å². The maximum atomic E-state index is 11.9. The second kappa shape index (κ2) is 6.83. The molecule has 2 aromatic carbocycles. The first-order chi connectivity index (χ1) is 11.2. The van der Waals surface area contributed by atoms with E-state index in [4.69, 9.17) is 0 Å². The Kier molecular flexibility index (Phi) is 4.43. The highest BCUT2D eigenvalue weighted by Gasteiger charge is 1.99. The van der Waals surface area contributed by atoms with Crippen LogP contribution in [0.4, 0.5) is 0 Å². The Morgan fingerprint density at radius 1 is 1.09 bits per heavy atom. The molecule has 0 unspecified atom stereocenters. The van der Waals surface area contributed by atoms with Crippen LogP contribution < -0.4 is 5.32 Å². The molecule has 0 fully saturated rings. The molecule has 0 saturated heterocycles. The normalized spacial score (nSPS) is 11.0. The number of aromatic nitrogens is 2. The van der Waals surface area contributed by atoms with E-state index in [1.165, 1.54) is 11.6 Å². The van der Waals surface area contributed by atoms with Gasteiger partial charge in [-0.05, 0) is 30.7 Å². The van der Waals surface area contributed by atoms with Gasteiger partial charge in [-0.3, -0.25) is 9.78 Å². The molecule has 0 aliphatic rings. The van der Waals surface area contributed by atoms with Crippen molar-refractivity contribution in [2.75, 3.05) is 0 Å². The van der Waals surface area contributed by atoms with Crippen LogP contribution in [0.1, 0.15) is 16.8 Å². The van der Waals surface area contributed by atoms with E-state index >= 15 is 0 Å². The number of para-hydroxylation sites is 2. The molecular formula is C19H17N3O. The van der Waals surface area contributed by atoms with Crippen LogP contribution in [0.3, 0.4) is 0 Å². The molecule has 1 N–H and O–H groups in total. The van der Waals surface area contributed by atoms with Gasteiger partial charge in [0, 0.05) is 12.6 Å². The van der Waals surface area contributed by atoms with Gasteiger partial charge in [0.2, 0.25) is 5.91 Å². The molecule has 23 heavy (non-hydrogen) atoms. The van der Waals surface area contributed by atoms with E-state index in [0.29, 0.717) is 12.2 Å². The van der Waals surface area contributed by atoms with Crippen molar-refractivity contribution in [3.8, 4) is 0 Å². The highest BCUT2D eigenvalue weighted by atomic mass is 16.1. The van der Waals surface area contributed by atoms with Crippen LogP contribution >= 0.6 is 0 Å². The number of nitrogens with zero attached hydrogens (tertiary/aromatic N) is 2. The first-order valence-corrected chi connectivity index (χ1v) is 7.44. The van der Waals surface area contributed by atoms with E-state index in [0.717, 1.165) is 16.6 Å². The Morgan fingerprint density at radius 3 is 2.61 bits per heavy atom. The number of hydrogen-bond donors (Lipinski definition) is 1. The van der Waals surface area contributed by atoms with E-state index < -0.39 is 0 Å². The van der Waals surface area contributed by atoms with Crippen molar-refractivity contribution in [1.82, 2.24) is 15.3 Å². The van der Waals surface area contributed by atoms with Gasteiger partial charge in [0.05, 0.1) is 22.9 Å². The maximum absolute atomic E-state index is 11.9. The summed E-state index contributed by atoms with van der Waals surface area (Å²) < 4.78 is 0. The number of benzene rings is 2. The summed E-state index contributed by atoms with van der Waals surface area (Å²) in [6.07, 6.45) is 4.81. The lowest BCUT2D eigenvalue weighted by molar-refractivity contribution is -0.116. The van der Waals surface area contributed by atoms with E-state index in [2.05, 4.69) is 15.3 Å². The fourth-order valence-corrected chi connectivity index (χ4v) is 2.17. The van der Waals surface area contributed by atoms with Crippen LogP contribution in [-0.2, 0) is 11.3 Å². The summed E-state index contributed by atoms with van der Waals surface area (Å²) in [5.41, 5.74) is 4.59. The molecule has 1 aromatic heterocycles. The lowest BCUT2D eigenvalue weighted by Gasteiger charge is -2.03. The zero-order chi connectivity index (χ0) is 16.1. The quantitative estimate of drug-likeness (QED) is 0.753. The van der Waals surface area contributed by atoms with Crippen LogP contribution in [0, 0.1) is 6.92 Å². The molecule has 0 bridgehead atoms. The van der Waals surface area contributed by atoms with Crippen LogP contribution in [0.5, 0.6) is 0 Å². The minimum atomic E-state index is -0.152. The van der Waals surface area contributed by atoms with Gasteiger partial charge < -0.3 is 5.32 Å². The number of aryl methyl sites for hydroxylation is 1. The third-order valence-corrected chi connectivity index (χ3v) is 3.46. The first kappa shape index (κ1) is 14.9. The fourth-order valence-electron chi connectivity index (χ4n) is 2.17. The average molecular weight is 303 g/mol. The molecule has 114 valence electrons. The molecule has 1 amide bonds. The predicted molar refractivity (Wildman–Crippen MR) is 91.6 cm³/mol. The SMILES string of the molecule is Cc1ccc(CNC(=O)/C=C/c2cnc3ccccc3n2)cc1. The Balaban J connectivity index is 1.61. The number of rotatable bonds is 4. The smallest absolute Gasteiger partial charge is 0.244 e. The third-order valence-electron chi connectivity index (χ3n) is 3.46. The number of carbonyl (C=O) groups excluding carboxylic acids is 1. The number of carbonyl (C=O) groups is 1. The Hall–Kier alpha value is -3.01. The minimum absolute atomic E-state index is 0.152. The van der Waals surface area contributed by atoms with Gasteiger partial charge in [-0.1, -0.05) is 42.0 Å². The minimum Gasteiger partial charge on any atom is -0.348 e. The van der Waals surface area contributed by atoms with Gasteiger partial charge in [-0.2, -0.15) is 0 Å². The molecule has 0 spiro atoms. The van der Waals surface area contributed by atoms with Crippen molar-refractivity contribution >= 4 is 23.0 Å². The topological polar surface area (TPSA) is 54.9 Å². The molecule has 3 aromatic rings. The molecular weight excluding hydrogens is 286 g/mol. The molecule has 3 rings (SSSR count). The molecule has 0 aliphatic heterocycles. The van der Waals surface area contributed by atoms with Gasteiger partial charge in [0.15, 0.2) is 0 Å². The summed E-state index contributed by atoms with van der Waals surface area (Å²) in [6.45, 7) is 2.54. The number of nitrogens with one attached hydrogen (secondary N) is 1. The Labute approximate surface area is 134 Å². The Bertz CT molecular complexity index is 854. The van der Waals surface area contributed by atoms with Crippen molar-refractivity contribution in [2.45, 2.75) is 13.5 Å². The second-order valence-electron chi connectivity index (χ2n) is 5.32. The van der Waals surface area contributed by atoms with Gasteiger partial charge in [-0.15, -0.1) is 0 Å². The lowest BCUT2D eigenvalue weighted by atomic mass is 10.1. The summed E-state index contributed by atoms with van der Waals surface area (Å²) >= 11 is 0. The summed E-state index contributed by atoms with van der Waals surface area (Å²) in [5, 5.41) is 2.85. The average Bonchev–Trinajstić information content (AvgIpc) is 2.59. The van der Waals surface area contributed by atoms with E-state index in [9.17, 15) is 4.79 Å². The fraction of sp³-hybridized carbons (Fsp3) is 0.105. The summed E-state index contributed by atoms with van der Waals surface area (Å²) in [5.74, 6) is -0.152. The van der Waals surface area contributed by atoms with Crippen LogP contribution in [0.25, 0.3) is 17.1 Å². The zero-order valence-corrected chi connectivity index (χ0v) is 12.9. The third kappa shape index (κ3) is 4.01. The van der Waals surface area contributed by atoms with Gasteiger partial charge >= 0.3 is 0 Å². The van der Waals surface area contributed by atoms with E-state index in [-0.39, 0.29) is 5.91 Å². The van der Waals surface area contributed by atoms with Crippen molar-refractivity contribution in [3.63, 3.8) is 0 Å². The molecule has 0 saturated carbocycles. The van der Waals surface area contributed by atoms with Crippen molar-refractivity contribution in [2.24, 2.45) is 0 Å². The molecule has 0 radical (unpaired) electrons. The number of hydrogen-bond acceptors (Lipinski definition) is 3. The van der Waals surface area contributed by atoms with Gasteiger partial charge in [-0.25, -0.2) is 4.98 Å². The maximum Gasteiger partial charge on any atom is 0.244 e. The molecule has 0 aliphatic carbocycles. The van der Waals surface area contributed by atoms with Crippen LogP contribution in [0.15, 0.2) is 60.8 Å². The molecule has 4 nitrogen and oxygen atoms in total. The zero-order valence-electron chi connectivity index (χ0n) is 12.9. The van der Waals surface area contributed by atoms with Crippen molar-refractivity contribution < 1.29 is 4.79 Å². The van der Waals surface area contributed by atoms with Gasteiger partial charge in [0.1, 0.15) is 0 Å². The monoisotopic (exact) mass is 303 g/mol. The van der Waals surface area contributed by atoms with E-state index in [1.807, 2.05) is 55.5 Å². The molecule has 0 atom stereocenters. The lowest BCUT2D eigenvalue weighted by Crippen LogP contribution is -2.20. The highest BCUT2D eigenvalue weighted by Crippen LogP contribution is 2.09. The van der Waals surface area contributed by atoms with Crippen molar-refractivity contribution in [3.05, 3.63) is 77.6 Å². The summed E-state index contributed by atoms with van der Waals surface area (Å²) in [4.78, 5) is 20.6. The number of amides is 1. The molecule has 4 heteroatoms.